The van der Waals surface area contributed by atoms with E-state index in [0.29, 0.717) is 12.3 Å². The third kappa shape index (κ3) is 2.66. The molecule has 0 N–H and O–H groups in total. The van der Waals surface area contributed by atoms with E-state index < -0.39 is 0 Å². The largest absolute Gasteiger partial charge is 0.298 e. The molecule has 0 saturated carbocycles. The smallest absolute Gasteiger partial charge is 0.147 e. The summed E-state index contributed by atoms with van der Waals surface area (Å²) in [6, 6.07) is 0. The number of carbonyl (C=O) groups is 1. The van der Waals surface area contributed by atoms with Gasteiger partial charge in [0.1, 0.15) is 5.78 Å². The predicted octanol–water partition coefficient (Wildman–Crippen LogP) is 2.99. The van der Waals surface area contributed by atoms with Crippen LogP contribution < -0.4 is 0 Å². The van der Waals surface area contributed by atoms with Crippen LogP contribution in [0.2, 0.25) is 0 Å². The maximum absolute atomic E-state index is 11.6. The summed E-state index contributed by atoms with van der Waals surface area (Å²) in [5.74, 6) is 0.652. The molecule has 2 aliphatic rings. The summed E-state index contributed by atoms with van der Waals surface area (Å²) < 4.78 is 0. The zero-order valence-electron chi connectivity index (χ0n) is 8.54. The monoisotopic (exact) mass is 198 g/mol. The molecule has 0 saturated heterocycles. The highest BCUT2D eigenvalue weighted by Crippen LogP contribution is 2.14. The van der Waals surface area contributed by atoms with E-state index in [9.17, 15) is 4.79 Å². The van der Waals surface area contributed by atoms with Gasteiger partial charge >= 0.3 is 0 Å². The van der Waals surface area contributed by atoms with E-state index in [1.54, 1.807) is 0 Å². The van der Waals surface area contributed by atoms with E-state index in [0.717, 1.165) is 0 Å². The fourth-order valence-electron chi connectivity index (χ4n) is 1.70. The van der Waals surface area contributed by atoms with Gasteiger partial charge in [0.25, 0.3) is 0 Å². The fraction of sp³-hybridized carbons (Fsp3) is 0.214. The average molecular weight is 198 g/mol. The Balaban J connectivity index is 1.80. The van der Waals surface area contributed by atoms with Crippen molar-refractivity contribution in [3.05, 3.63) is 60.8 Å². The van der Waals surface area contributed by atoms with Crippen LogP contribution >= 0.6 is 0 Å². The molecule has 1 heteroatoms. The molecule has 76 valence electrons. The molecule has 2 aliphatic carbocycles. The number of hydrogen-bond donors (Lipinski definition) is 0. The number of rotatable bonds is 4. The lowest BCUT2D eigenvalue weighted by atomic mass is 10.0. The molecule has 0 atom stereocenters. The van der Waals surface area contributed by atoms with Crippen molar-refractivity contribution in [3.63, 3.8) is 0 Å². The summed E-state index contributed by atoms with van der Waals surface area (Å²) in [7, 11) is 0. The van der Waals surface area contributed by atoms with Crippen molar-refractivity contribution in [3.8, 4) is 0 Å². The first kappa shape index (κ1) is 9.91. The van der Waals surface area contributed by atoms with E-state index in [1.165, 1.54) is 0 Å². The third-order valence-electron chi connectivity index (χ3n) is 2.57. The molecule has 0 aromatic heterocycles. The summed E-state index contributed by atoms with van der Waals surface area (Å²) >= 11 is 0. The van der Waals surface area contributed by atoms with Crippen molar-refractivity contribution in [2.24, 2.45) is 11.8 Å². The van der Waals surface area contributed by atoms with Gasteiger partial charge in [0.2, 0.25) is 0 Å². The van der Waals surface area contributed by atoms with Crippen molar-refractivity contribution >= 4 is 5.78 Å². The van der Waals surface area contributed by atoms with Gasteiger partial charge in [0.05, 0.1) is 5.92 Å². The number of carbonyl (C=O) groups excluding carboxylic acids is 1. The second-order valence-electron chi connectivity index (χ2n) is 3.74. The van der Waals surface area contributed by atoms with Crippen molar-refractivity contribution in [1.29, 1.82) is 0 Å². The molecule has 0 amide bonds. The van der Waals surface area contributed by atoms with Gasteiger partial charge in [-0.05, 0) is 0 Å². The lowest BCUT2D eigenvalue weighted by Crippen LogP contribution is -2.06. The second-order valence-corrected chi connectivity index (χ2v) is 3.74. The number of hydrogen-bond acceptors (Lipinski definition) is 1. The zero-order chi connectivity index (χ0) is 10.5. The van der Waals surface area contributed by atoms with Crippen molar-refractivity contribution in [1.82, 2.24) is 0 Å². The fourth-order valence-corrected chi connectivity index (χ4v) is 1.70. The third-order valence-corrected chi connectivity index (χ3v) is 2.57. The zero-order valence-corrected chi connectivity index (χ0v) is 8.54. The molecule has 0 aromatic rings. The van der Waals surface area contributed by atoms with Crippen LogP contribution in [0.15, 0.2) is 60.8 Å². The van der Waals surface area contributed by atoms with Gasteiger partial charge in [-0.1, -0.05) is 60.8 Å². The molecule has 0 aromatic carbocycles. The van der Waals surface area contributed by atoms with Gasteiger partial charge in [0, 0.05) is 12.3 Å². The molecule has 0 aliphatic heterocycles. The molecule has 0 fully saturated rings. The highest BCUT2D eigenvalue weighted by Gasteiger charge is 2.12. The van der Waals surface area contributed by atoms with E-state index in [4.69, 9.17) is 0 Å². The molecule has 1 nitrogen and oxygen atoms in total. The van der Waals surface area contributed by atoms with E-state index in [2.05, 4.69) is 18.2 Å². The number of allylic oxidation sites excluding steroid dienone is 10. The van der Waals surface area contributed by atoms with Gasteiger partial charge in [-0.25, -0.2) is 0 Å². The van der Waals surface area contributed by atoms with Crippen LogP contribution in [0, 0.1) is 11.8 Å². The van der Waals surface area contributed by atoms with Crippen molar-refractivity contribution in [2.75, 3.05) is 0 Å². The molecule has 2 rings (SSSR count). The molecule has 0 spiro atoms. The van der Waals surface area contributed by atoms with E-state index >= 15 is 0 Å². The second kappa shape index (κ2) is 4.74. The topological polar surface area (TPSA) is 17.1 Å². The van der Waals surface area contributed by atoms with Crippen molar-refractivity contribution in [2.45, 2.75) is 6.42 Å². The molecule has 0 unspecified atom stereocenters. The van der Waals surface area contributed by atoms with E-state index in [-0.39, 0.29) is 11.7 Å². The first-order valence-corrected chi connectivity index (χ1v) is 5.25. The van der Waals surface area contributed by atoms with Gasteiger partial charge in [-0.3, -0.25) is 4.79 Å². The lowest BCUT2D eigenvalue weighted by molar-refractivity contribution is -0.119. The normalized spacial score (nSPS) is 20.0. The Morgan fingerprint density at radius 2 is 1.60 bits per heavy atom. The van der Waals surface area contributed by atoms with Crippen LogP contribution in [0.5, 0.6) is 0 Å². The van der Waals surface area contributed by atoms with Crippen LogP contribution in [-0.4, -0.2) is 5.78 Å². The molecule has 0 bridgehead atoms. The minimum absolute atomic E-state index is 0.00399. The van der Waals surface area contributed by atoms with Crippen LogP contribution in [0.3, 0.4) is 0 Å². The van der Waals surface area contributed by atoms with Crippen molar-refractivity contribution < 1.29 is 4.79 Å². The Morgan fingerprint density at radius 1 is 1.00 bits per heavy atom. The first-order chi connectivity index (χ1) is 7.36. The van der Waals surface area contributed by atoms with Gasteiger partial charge in [-0.2, -0.15) is 0 Å². The lowest BCUT2D eigenvalue weighted by Gasteiger charge is -2.01. The highest BCUT2D eigenvalue weighted by molar-refractivity contribution is 5.86. The standard InChI is InChI=1S/C14H14O/c15-14(13-9-3-4-10-13)11-5-8-12-6-1-2-7-12/h1-10,12-13H,11H2/b8-5-. The summed E-state index contributed by atoms with van der Waals surface area (Å²) in [6.45, 7) is 0. The van der Waals surface area contributed by atoms with Crippen LogP contribution in [0.25, 0.3) is 0 Å². The Hall–Kier alpha value is -1.63. The molecule has 15 heavy (non-hydrogen) atoms. The SMILES string of the molecule is O=C(C/C=C\C1C=CC=C1)C1C=CC=C1. The summed E-state index contributed by atoms with van der Waals surface area (Å²) in [4.78, 5) is 11.6. The first-order valence-electron chi connectivity index (χ1n) is 5.25. The Morgan fingerprint density at radius 3 is 2.27 bits per heavy atom. The maximum atomic E-state index is 11.6. The molecule has 0 heterocycles. The number of ketones is 1. The summed E-state index contributed by atoms with van der Waals surface area (Å²) in [5, 5.41) is 0. The Labute approximate surface area is 90.2 Å². The number of Topliss-reactive ketones (excluding diaryl/α,β-unsaturated/α-hetero) is 1. The van der Waals surface area contributed by atoms with Crippen LogP contribution in [0.4, 0.5) is 0 Å². The molecular weight excluding hydrogens is 184 g/mol. The Bertz CT molecular complexity index is 356. The van der Waals surface area contributed by atoms with E-state index in [1.807, 2.05) is 42.5 Å². The van der Waals surface area contributed by atoms with Gasteiger partial charge in [0.15, 0.2) is 0 Å². The quantitative estimate of drug-likeness (QED) is 0.635. The molecule has 0 radical (unpaired) electrons. The van der Waals surface area contributed by atoms with Crippen LogP contribution in [-0.2, 0) is 4.79 Å². The van der Waals surface area contributed by atoms with Gasteiger partial charge in [-0.15, -0.1) is 0 Å². The average Bonchev–Trinajstić information content (AvgIpc) is 2.90. The highest BCUT2D eigenvalue weighted by atomic mass is 16.1. The Kier molecular flexibility index (Phi) is 3.13. The molecular formula is C14H14O. The minimum Gasteiger partial charge on any atom is -0.298 e. The summed E-state index contributed by atoms with van der Waals surface area (Å²) in [6.07, 6.45) is 20.6. The maximum Gasteiger partial charge on any atom is 0.147 e. The summed E-state index contributed by atoms with van der Waals surface area (Å²) in [5.41, 5.74) is 0. The van der Waals surface area contributed by atoms with Crippen LogP contribution in [0.1, 0.15) is 6.42 Å². The predicted molar refractivity (Wildman–Crippen MR) is 62.3 cm³/mol. The minimum atomic E-state index is 0.00399. The van der Waals surface area contributed by atoms with Gasteiger partial charge < -0.3 is 0 Å².